The van der Waals surface area contributed by atoms with Gasteiger partial charge >= 0.3 is 0 Å². The highest BCUT2D eigenvalue weighted by molar-refractivity contribution is 5.92. The van der Waals surface area contributed by atoms with Crippen LogP contribution in [0.4, 0.5) is 0 Å². The molecule has 0 aromatic rings. The average molecular weight is 228 g/mol. The van der Waals surface area contributed by atoms with E-state index in [0.717, 1.165) is 13.2 Å². The first-order valence-electron chi connectivity index (χ1n) is 6.84. The van der Waals surface area contributed by atoms with Crippen LogP contribution in [0.2, 0.25) is 0 Å². The van der Waals surface area contributed by atoms with Gasteiger partial charge in [0.25, 0.3) is 0 Å². The first-order valence-corrected chi connectivity index (χ1v) is 6.84. The van der Waals surface area contributed by atoms with Crippen LogP contribution in [0.15, 0.2) is 24.3 Å². The number of Topliss-reactive ketones (excluding diaryl/α,β-unsaturated/α-hetero) is 1. The van der Waals surface area contributed by atoms with Crippen molar-refractivity contribution >= 4 is 5.78 Å². The zero-order chi connectivity index (χ0) is 11.1. The van der Waals surface area contributed by atoms with Gasteiger partial charge in [-0.2, -0.15) is 0 Å². The Kier molecular flexibility index (Phi) is 1.47. The van der Waals surface area contributed by atoms with Crippen molar-refractivity contribution in [3.63, 3.8) is 0 Å². The quantitative estimate of drug-likeness (QED) is 0.590. The standard InChI is InChI=1S/C15H16O2/c16-15-9-3-4-10(15)14-8-2-1-7(13(9)14)11-5-17-6-12(8)11/h1-4,7-14H,5-6H2/t7-,8+,9-,10+,11?,12?,13?,14?. The normalized spacial score (nSPS) is 61.1. The molecule has 6 rings (SSSR count). The number of fused-ring (bicyclic) bond motifs is 2. The van der Waals surface area contributed by atoms with Gasteiger partial charge in [-0.25, -0.2) is 0 Å². The molecule has 6 aliphatic rings. The van der Waals surface area contributed by atoms with Gasteiger partial charge in [0.1, 0.15) is 5.78 Å². The van der Waals surface area contributed by atoms with Gasteiger partial charge in [0.2, 0.25) is 0 Å². The highest BCUT2D eigenvalue weighted by Crippen LogP contribution is 2.63. The Morgan fingerprint density at radius 2 is 1.41 bits per heavy atom. The maximum atomic E-state index is 12.3. The average Bonchev–Trinajstić information content (AvgIpc) is 3.04. The molecule has 8 atom stereocenters. The van der Waals surface area contributed by atoms with E-state index in [0.29, 0.717) is 41.3 Å². The van der Waals surface area contributed by atoms with Crippen LogP contribution < -0.4 is 0 Å². The van der Waals surface area contributed by atoms with Crippen LogP contribution in [0.5, 0.6) is 0 Å². The molecule has 0 aromatic carbocycles. The molecule has 3 fully saturated rings. The molecule has 88 valence electrons. The van der Waals surface area contributed by atoms with Crippen LogP contribution in [0.3, 0.4) is 0 Å². The van der Waals surface area contributed by atoms with Gasteiger partial charge in [0.15, 0.2) is 0 Å². The fourth-order valence-corrected chi connectivity index (χ4v) is 5.51. The summed E-state index contributed by atoms with van der Waals surface area (Å²) in [5.41, 5.74) is 0. The van der Waals surface area contributed by atoms with Crippen molar-refractivity contribution in [2.45, 2.75) is 0 Å². The highest BCUT2D eigenvalue weighted by Gasteiger charge is 2.63. The molecule has 4 bridgehead atoms. The lowest BCUT2D eigenvalue weighted by atomic mass is 9.52. The summed E-state index contributed by atoms with van der Waals surface area (Å²) in [7, 11) is 0. The van der Waals surface area contributed by atoms with Crippen LogP contribution in [0.1, 0.15) is 0 Å². The molecule has 4 unspecified atom stereocenters. The Morgan fingerprint density at radius 1 is 0.882 bits per heavy atom. The summed E-state index contributed by atoms with van der Waals surface area (Å²) in [6.07, 6.45) is 9.19. The minimum absolute atomic E-state index is 0.240. The monoisotopic (exact) mass is 228 g/mol. The lowest BCUT2D eigenvalue weighted by Gasteiger charge is -2.51. The maximum Gasteiger partial charge on any atom is 0.147 e. The summed E-state index contributed by atoms with van der Waals surface area (Å²) in [5, 5.41) is 0. The highest BCUT2D eigenvalue weighted by atomic mass is 16.5. The fraction of sp³-hybridized carbons (Fsp3) is 0.667. The Bertz CT molecular complexity index is 426. The molecule has 2 heteroatoms. The van der Waals surface area contributed by atoms with Crippen molar-refractivity contribution in [2.75, 3.05) is 13.2 Å². The SMILES string of the molecule is O=C1[C@H]2C=C[C@@H]1C1C2[C@H]2C=C[C@@H]1C1COCC12. The van der Waals surface area contributed by atoms with Gasteiger partial charge < -0.3 is 4.74 Å². The predicted molar refractivity (Wildman–Crippen MR) is 62.0 cm³/mol. The number of rotatable bonds is 0. The molecule has 0 N–H and O–H groups in total. The van der Waals surface area contributed by atoms with Crippen LogP contribution in [0.25, 0.3) is 0 Å². The number of hydrogen-bond donors (Lipinski definition) is 0. The van der Waals surface area contributed by atoms with Crippen LogP contribution in [-0.2, 0) is 9.53 Å². The molecule has 2 nitrogen and oxygen atoms in total. The van der Waals surface area contributed by atoms with Crippen LogP contribution in [0, 0.1) is 47.3 Å². The van der Waals surface area contributed by atoms with E-state index in [1.807, 2.05) is 0 Å². The van der Waals surface area contributed by atoms with Crippen LogP contribution in [-0.4, -0.2) is 19.0 Å². The fourth-order valence-electron chi connectivity index (χ4n) is 5.51. The number of ketones is 1. The van der Waals surface area contributed by atoms with Gasteiger partial charge in [0, 0.05) is 11.8 Å². The first-order chi connectivity index (χ1) is 8.36. The minimum atomic E-state index is 0.240. The van der Waals surface area contributed by atoms with E-state index in [9.17, 15) is 4.79 Å². The first kappa shape index (κ1) is 9.09. The maximum absolute atomic E-state index is 12.3. The Labute approximate surface area is 101 Å². The minimum Gasteiger partial charge on any atom is -0.381 e. The summed E-state index contributed by atoms with van der Waals surface area (Å²) in [5.74, 6) is 4.83. The van der Waals surface area contributed by atoms with Gasteiger partial charge in [0.05, 0.1) is 13.2 Å². The Hall–Kier alpha value is -0.890. The van der Waals surface area contributed by atoms with E-state index in [2.05, 4.69) is 24.3 Å². The second kappa shape index (κ2) is 2.74. The predicted octanol–water partition coefficient (Wildman–Crippen LogP) is 1.68. The molecule has 0 radical (unpaired) electrons. The lowest BCUT2D eigenvalue weighted by molar-refractivity contribution is -0.121. The molecule has 2 saturated carbocycles. The topological polar surface area (TPSA) is 26.3 Å². The Morgan fingerprint density at radius 3 is 1.94 bits per heavy atom. The third-order valence-electron chi connectivity index (χ3n) is 6.06. The zero-order valence-corrected chi connectivity index (χ0v) is 9.66. The molecule has 0 amide bonds. The van der Waals surface area contributed by atoms with E-state index in [1.165, 1.54) is 0 Å². The summed E-state index contributed by atoms with van der Waals surface area (Å²) in [4.78, 5) is 12.3. The molecule has 5 aliphatic carbocycles. The molecule has 1 saturated heterocycles. The molecule has 1 heterocycles. The van der Waals surface area contributed by atoms with Crippen molar-refractivity contribution in [2.24, 2.45) is 47.3 Å². The van der Waals surface area contributed by atoms with Crippen molar-refractivity contribution in [1.29, 1.82) is 0 Å². The van der Waals surface area contributed by atoms with Gasteiger partial charge in [-0.1, -0.05) is 24.3 Å². The number of allylic oxidation sites excluding steroid dienone is 4. The lowest BCUT2D eigenvalue weighted by Crippen LogP contribution is -2.49. The smallest absolute Gasteiger partial charge is 0.147 e. The van der Waals surface area contributed by atoms with Crippen molar-refractivity contribution in [1.82, 2.24) is 0 Å². The number of hydrogen-bond acceptors (Lipinski definition) is 2. The number of carbonyl (C=O) groups is 1. The van der Waals surface area contributed by atoms with E-state index in [1.54, 1.807) is 0 Å². The summed E-state index contributed by atoms with van der Waals surface area (Å²) in [6.45, 7) is 1.85. The van der Waals surface area contributed by atoms with Crippen molar-refractivity contribution < 1.29 is 9.53 Å². The van der Waals surface area contributed by atoms with E-state index >= 15 is 0 Å². The van der Waals surface area contributed by atoms with Gasteiger partial charge in [-0.15, -0.1) is 0 Å². The second-order valence-corrected chi connectivity index (χ2v) is 6.40. The Balaban J connectivity index is 1.67. The third-order valence-corrected chi connectivity index (χ3v) is 6.06. The molecular weight excluding hydrogens is 212 g/mol. The molecule has 0 spiro atoms. The zero-order valence-electron chi connectivity index (χ0n) is 9.66. The van der Waals surface area contributed by atoms with Gasteiger partial charge in [-0.3, -0.25) is 4.79 Å². The molecule has 17 heavy (non-hydrogen) atoms. The summed E-state index contributed by atoms with van der Waals surface area (Å²) < 4.78 is 5.71. The van der Waals surface area contributed by atoms with E-state index < -0.39 is 0 Å². The molecule has 0 aromatic heterocycles. The number of ether oxygens (including phenoxy) is 1. The van der Waals surface area contributed by atoms with Gasteiger partial charge in [-0.05, 0) is 35.5 Å². The summed E-state index contributed by atoms with van der Waals surface area (Å²) >= 11 is 0. The second-order valence-electron chi connectivity index (χ2n) is 6.40. The molecule has 1 aliphatic heterocycles. The largest absolute Gasteiger partial charge is 0.381 e. The van der Waals surface area contributed by atoms with Crippen molar-refractivity contribution in [3.8, 4) is 0 Å². The van der Waals surface area contributed by atoms with E-state index in [-0.39, 0.29) is 11.8 Å². The third kappa shape index (κ3) is 0.855. The van der Waals surface area contributed by atoms with E-state index in [4.69, 9.17) is 4.74 Å². The number of carbonyl (C=O) groups excluding carboxylic acids is 1. The summed E-state index contributed by atoms with van der Waals surface area (Å²) in [6, 6.07) is 0. The van der Waals surface area contributed by atoms with Crippen molar-refractivity contribution in [3.05, 3.63) is 24.3 Å². The van der Waals surface area contributed by atoms with Crippen LogP contribution >= 0.6 is 0 Å². The molecular formula is C15H16O2.